The monoisotopic (exact) mass is 374 g/mol. The van der Waals surface area contributed by atoms with E-state index in [4.69, 9.17) is 4.74 Å². The average molecular weight is 374 g/mol. The quantitative estimate of drug-likeness (QED) is 0.299. The predicted octanol–water partition coefficient (Wildman–Crippen LogP) is 5.85. The predicted molar refractivity (Wildman–Crippen MR) is 92.1 cm³/mol. The summed E-state index contributed by atoms with van der Waals surface area (Å²) in [6.45, 7) is 6.59. The molecule has 0 bridgehead atoms. The molecular formula is C17H27IO. The van der Waals surface area contributed by atoms with E-state index in [0.717, 1.165) is 4.43 Å². The maximum atomic E-state index is 6.20. The van der Waals surface area contributed by atoms with Gasteiger partial charge in [0.05, 0.1) is 12.2 Å². The molecule has 19 heavy (non-hydrogen) atoms. The van der Waals surface area contributed by atoms with Crippen LogP contribution in [0.1, 0.15) is 63.2 Å². The van der Waals surface area contributed by atoms with Crippen molar-refractivity contribution in [1.29, 1.82) is 0 Å². The van der Waals surface area contributed by atoms with Crippen LogP contribution in [0.3, 0.4) is 0 Å². The highest BCUT2D eigenvalue weighted by molar-refractivity contribution is 14.1. The molecule has 0 aliphatic carbocycles. The van der Waals surface area contributed by atoms with Crippen LogP contribution in [0.2, 0.25) is 0 Å². The Morgan fingerprint density at radius 2 is 1.79 bits per heavy atom. The number of ether oxygens (including phenoxy) is 1. The molecule has 2 atom stereocenters. The fourth-order valence-electron chi connectivity index (χ4n) is 2.19. The highest BCUT2D eigenvalue weighted by Gasteiger charge is 2.14. The van der Waals surface area contributed by atoms with Gasteiger partial charge in [-0.25, -0.2) is 0 Å². The number of rotatable bonds is 9. The summed E-state index contributed by atoms with van der Waals surface area (Å²) in [5.41, 5.74) is 2.61. The van der Waals surface area contributed by atoms with Crippen molar-refractivity contribution in [2.75, 3.05) is 4.43 Å². The lowest BCUT2D eigenvalue weighted by molar-refractivity contribution is 0.00583. The molecule has 0 aliphatic rings. The van der Waals surface area contributed by atoms with E-state index in [9.17, 15) is 0 Å². The van der Waals surface area contributed by atoms with Gasteiger partial charge in [0.25, 0.3) is 0 Å². The van der Waals surface area contributed by atoms with Crippen LogP contribution in [0.5, 0.6) is 0 Å². The lowest BCUT2D eigenvalue weighted by atomic mass is 10.1. The van der Waals surface area contributed by atoms with Crippen molar-refractivity contribution in [3.05, 3.63) is 35.4 Å². The van der Waals surface area contributed by atoms with Crippen molar-refractivity contribution >= 4 is 22.6 Å². The van der Waals surface area contributed by atoms with Crippen LogP contribution in [-0.2, 0) is 4.74 Å². The lowest BCUT2D eigenvalue weighted by Gasteiger charge is -2.21. The molecule has 2 heteroatoms. The molecule has 1 aromatic carbocycles. The van der Waals surface area contributed by atoms with Gasteiger partial charge in [0.15, 0.2) is 0 Å². The van der Waals surface area contributed by atoms with E-state index in [0.29, 0.717) is 6.10 Å². The van der Waals surface area contributed by atoms with E-state index in [1.807, 2.05) is 0 Å². The number of unbranched alkanes of at least 4 members (excludes halogenated alkanes) is 3. The van der Waals surface area contributed by atoms with Crippen molar-refractivity contribution in [3.63, 3.8) is 0 Å². The minimum atomic E-state index is 0.238. The Labute approximate surface area is 132 Å². The molecule has 0 amide bonds. The van der Waals surface area contributed by atoms with Gasteiger partial charge < -0.3 is 4.74 Å². The largest absolute Gasteiger partial charge is 0.370 e. The molecule has 1 rings (SSSR count). The summed E-state index contributed by atoms with van der Waals surface area (Å²) in [7, 11) is 0. The van der Waals surface area contributed by atoms with Gasteiger partial charge >= 0.3 is 0 Å². The zero-order chi connectivity index (χ0) is 14.1. The zero-order valence-electron chi connectivity index (χ0n) is 12.5. The number of hydrogen-bond acceptors (Lipinski definition) is 1. The number of aryl methyl sites for hydroxylation is 1. The van der Waals surface area contributed by atoms with E-state index in [-0.39, 0.29) is 6.10 Å². The van der Waals surface area contributed by atoms with E-state index >= 15 is 0 Å². The standard InChI is InChI=1S/C17H27IO/c1-4-5-6-7-8-15(3)19-17(13-18)16-11-9-14(2)10-12-16/h9-12,15,17H,4-8,13H2,1-3H3. The third kappa shape index (κ3) is 6.75. The summed E-state index contributed by atoms with van der Waals surface area (Å²) in [5, 5.41) is 0. The second-order valence-electron chi connectivity index (χ2n) is 5.35. The number of halogens is 1. The zero-order valence-corrected chi connectivity index (χ0v) is 14.7. The fraction of sp³-hybridized carbons (Fsp3) is 0.647. The Morgan fingerprint density at radius 3 is 2.37 bits per heavy atom. The molecule has 2 unspecified atom stereocenters. The van der Waals surface area contributed by atoms with Gasteiger partial charge in [0.2, 0.25) is 0 Å². The molecule has 108 valence electrons. The molecule has 0 aliphatic heterocycles. The Bertz CT molecular complexity index is 334. The van der Waals surface area contributed by atoms with Gasteiger partial charge in [-0.1, -0.05) is 85.0 Å². The Balaban J connectivity index is 2.41. The van der Waals surface area contributed by atoms with Crippen LogP contribution in [0.4, 0.5) is 0 Å². The Kier molecular flexibility index (Phi) is 8.71. The van der Waals surface area contributed by atoms with Crippen molar-refractivity contribution in [2.45, 2.75) is 65.1 Å². The number of alkyl halides is 1. The van der Waals surface area contributed by atoms with Crippen LogP contribution in [0, 0.1) is 6.92 Å². The topological polar surface area (TPSA) is 9.23 Å². The smallest absolute Gasteiger partial charge is 0.0917 e. The van der Waals surface area contributed by atoms with Gasteiger partial charge in [-0.15, -0.1) is 0 Å². The van der Waals surface area contributed by atoms with Crippen LogP contribution in [0.15, 0.2) is 24.3 Å². The molecule has 1 aromatic rings. The summed E-state index contributed by atoms with van der Waals surface area (Å²) in [5.74, 6) is 0. The summed E-state index contributed by atoms with van der Waals surface area (Å²) >= 11 is 2.42. The van der Waals surface area contributed by atoms with Gasteiger partial charge in [-0.3, -0.25) is 0 Å². The van der Waals surface area contributed by atoms with Crippen LogP contribution in [-0.4, -0.2) is 10.5 Å². The fourth-order valence-corrected chi connectivity index (χ4v) is 2.91. The first-order valence-electron chi connectivity index (χ1n) is 7.45. The maximum Gasteiger partial charge on any atom is 0.0917 e. The highest BCUT2D eigenvalue weighted by Crippen LogP contribution is 2.23. The molecule has 0 radical (unpaired) electrons. The van der Waals surface area contributed by atoms with E-state index in [2.05, 4.69) is 67.6 Å². The summed E-state index contributed by atoms with van der Waals surface area (Å²) < 4.78 is 7.21. The third-order valence-electron chi connectivity index (χ3n) is 3.45. The van der Waals surface area contributed by atoms with Gasteiger partial charge in [0, 0.05) is 4.43 Å². The molecule has 0 fully saturated rings. The second-order valence-corrected chi connectivity index (χ2v) is 6.23. The molecule has 0 heterocycles. The maximum absolute atomic E-state index is 6.20. The minimum Gasteiger partial charge on any atom is -0.370 e. The van der Waals surface area contributed by atoms with Crippen molar-refractivity contribution in [3.8, 4) is 0 Å². The van der Waals surface area contributed by atoms with Crippen LogP contribution in [0.25, 0.3) is 0 Å². The highest BCUT2D eigenvalue weighted by atomic mass is 127. The van der Waals surface area contributed by atoms with Gasteiger partial charge in [-0.05, 0) is 25.8 Å². The normalized spacial score (nSPS) is 14.3. The first-order valence-corrected chi connectivity index (χ1v) is 8.98. The van der Waals surface area contributed by atoms with Crippen molar-refractivity contribution in [1.82, 2.24) is 0 Å². The first-order chi connectivity index (χ1) is 9.17. The summed E-state index contributed by atoms with van der Waals surface area (Å²) in [4.78, 5) is 0. The van der Waals surface area contributed by atoms with Crippen molar-refractivity contribution in [2.24, 2.45) is 0 Å². The molecule has 1 nitrogen and oxygen atoms in total. The van der Waals surface area contributed by atoms with Crippen LogP contribution >= 0.6 is 22.6 Å². The Morgan fingerprint density at radius 1 is 1.11 bits per heavy atom. The van der Waals surface area contributed by atoms with E-state index in [1.54, 1.807) is 0 Å². The van der Waals surface area contributed by atoms with Gasteiger partial charge in [-0.2, -0.15) is 0 Å². The van der Waals surface area contributed by atoms with Gasteiger partial charge in [0.1, 0.15) is 0 Å². The molecule has 0 spiro atoms. The Hall–Kier alpha value is -0.0900. The SMILES string of the molecule is CCCCCCC(C)OC(CI)c1ccc(C)cc1. The summed E-state index contributed by atoms with van der Waals surface area (Å²) in [6, 6.07) is 8.73. The number of benzene rings is 1. The van der Waals surface area contributed by atoms with E-state index < -0.39 is 0 Å². The molecule has 0 saturated carbocycles. The lowest BCUT2D eigenvalue weighted by Crippen LogP contribution is -2.15. The molecule has 0 N–H and O–H groups in total. The summed E-state index contributed by atoms with van der Waals surface area (Å²) in [6.07, 6.45) is 7.05. The van der Waals surface area contributed by atoms with E-state index in [1.165, 1.54) is 43.2 Å². The molecule has 0 saturated heterocycles. The number of hydrogen-bond donors (Lipinski definition) is 0. The molecular weight excluding hydrogens is 347 g/mol. The van der Waals surface area contributed by atoms with Crippen molar-refractivity contribution < 1.29 is 4.74 Å². The third-order valence-corrected chi connectivity index (χ3v) is 4.25. The average Bonchev–Trinajstić information content (AvgIpc) is 2.42. The first kappa shape index (κ1) is 17.0. The minimum absolute atomic E-state index is 0.238. The molecule has 0 aromatic heterocycles. The van der Waals surface area contributed by atoms with Crippen LogP contribution < -0.4 is 0 Å². The second kappa shape index (κ2) is 9.76.